The van der Waals surface area contributed by atoms with Gasteiger partial charge in [0.2, 0.25) is 5.91 Å². The number of ether oxygens (including phenoxy) is 2. The Labute approximate surface area is 113 Å². The molecule has 5 nitrogen and oxygen atoms in total. The lowest BCUT2D eigenvalue weighted by atomic mass is 9.79. The van der Waals surface area contributed by atoms with Gasteiger partial charge in [-0.05, 0) is 25.0 Å². The number of nitrogens with two attached hydrogens (primary N) is 1. The van der Waals surface area contributed by atoms with Gasteiger partial charge in [0.15, 0.2) is 0 Å². The fraction of sp³-hybridized carbons (Fsp3) is 0.500. The smallest absolute Gasteiger partial charge is 0.232 e. The van der Waals surface area contributed by atoms with E-state index in [0.717, 1.165) is 0 Å². The molecule has 1 amide bonds. The van der Waals surface area contributed by atoms with Crippen molar-refractivity contribution in [1.82, 2.24) is 0 Å². The largest absolute Gasteiger partial charge is 0.495 e. The van der Waals surface area contributed by atoms with Crippen LogP contribution in [-0.4, -0.2) is 32.8 Å². The van der Waals surface area contributed by atoms with Gasteiger partial charge in [-0.15, -0.1) is 0 Å². The molecular formula is C14H20N2O3. The lowest BCUT2D eigenvalue weighted by Crippen LogP contribution is -2.46. The first kappa shape index (κ1) is 13.8. The molecule has 0 aromatic heterocycles. The van der Waals surface area contributed by atoms with Gasteiger partial charge in [-0.25, -0.2) is 0 Å². The Morgan fingerprint density at radius 2 is 2.11 bits per heavy atom. The Bertz CT molecular complexity index is 442. The standard InChI is InChI=1S/C14H20N2O3/c1-18-12-5-3-2-4-11(12)16-13(17)14(10-15)6-8-19-9-7-14/h2-5H,6-10,15H2,1H3,(H,16,17). The second-order valence-electron chi connectivity index (χ2n) is 4.75. The van der Waals surface area contributed by atoms with Crippen LogP contribution >= 0.6 is 0 Å². The van der Waals surface area contributed by atoms with Crippen LogP contribution in [0.1, 0.15) is 12.8 Å². The lowest BCUT2D eigenvalue weighted by Gasteiger charge is -2.34. The first-order valence-electron chi connectivity index (χ1n) is 6.44. The van der Waals surface area contributed by atoms with Crippen molar-refractivity contribution in [1.29, 1.82) is 0 Å². The Kier molecular flexibility index (Phi) is 4.39. The number of para-hydroxylation sites is 2. The van der Waals surface area contributed by atoms with Gasteiger partial charge >= 0.3 is 0 Å². The first-order chi connectivity index (χ1) is 9.22. The van der Waals surface area contributed by atoms with Gasteiger partial charge in [-0.3, -0.25) is 4.79 Å². The van der Waals surface area contributed by atoms with E-state index >= 15 is 0 Å². The van der Waals surface area contributed by atoms with Crippen molar-refractivity contribution in [2.75, 3.05) is 32.2 Å². The highest BCUT2D eigenvalue weighted by atomic mass is 16.5. The molecule has 1 aromatic carbocycles. The number of carbonyl (C=O) groups is 1. The van der Waals surface area contributed by atoms with Crippen LogP contribution in [-0.2, 0) is 9.53 Å². The maximum atomic E-state index is 12.5. The third-order valence-electron chi connectivity index (χ3n) is 3.68. The Morgan fingerprint density at radius 1 is 1.42 bits per heavy atom. The van der Waals surface area contributed by atoms with Crippen molar-refractivity contribution in [3.8, 4) is 5.75 Å². The monoisotopic (exact) mass is 264 g/mol. The topological polar surface area (TPSA) is 73.6 Å². The van der Waals surface area contributed by atoms with Crippen LogP contribution in [0.15, 0.2) is 24.3 Å². The predicted octanol–water partition coefficient (Wildman–Crippen LogP) is 1.39. The Hall–Kier alpha value is -1.59. The number of carbonyl (C=O) groups excluding carboxylic acids is 1. The van der Waals surface area contributed by atoms with Crippen LogP contribution in [0.5, 0.6) is 5.75 Å². The third-order valence-corrected chi connectivity index (χ3v) is 3.68. The molecule has 0 atom stereocenters. The highest BCUT2D eigenvalue weighted by Crippen LogP contribution is 2.32. The summed E-state index contributed by atoms with van der Waals surface area (Å²) in [5, 5.41) is 2.92. The summed E-state index contributed by atoms with van der Waals surface area (Å²) < 4.78 is 10.5. The predicted molar refractivity (Wildman–Crippen MR) is 73.2 cm³/mol. The second kappa shape index (κ2) is 6.04. The maximum absolute atomic E-state index is 12.5. The van der Waals surface area contributed by atoms with Crippen LogP contribution < -0.4 is 15.8 Å². The first-order valence-corrected chi connectivity index (χ1v) is 6.44. The SMILES string of the molecule is COc1ccccc1NC(=O)C1(CN)CCOCC1. The molecule has 1 aromatic rings. The highest BCUT2D eigenvalue weighted by molar-refractivity contribution is 5.96. The summed E-state index contributed by atoms with van der Waals surface area (Å²) in [6, 6.07) is 7.36. The molecule has 3 N–H and O–H groups in total. The molecule has 1 saturated heterocycles. The quantitative estimate of drug-likeness (QED) is 0.862. The van der Waals surface area contributed by atoms with E-state index in [1.54, 1.807) is 7.11 Å². The molecule has 0 bridgehead atoms. The molecule has 0 aliphatic carbocycles. The number of amides is 1. The van der Waals surface area contributed by atoms with Crippen LogP contribution in [0.4, 0.5) is 5.69 Å². The van der Waals surface area contributed by atoms with Crippen molar-refractivity contribution in [3.63, 3.8) is 0 Å². The Morgan fingerprint density at radius 3 is 2.74 bits per heavy atom. The molecular weight excluding hydrogens is 244 g/mol. The summed E-state index contributed by atoms with van der Waals surface area (Å²) in [6.07, 6.45) is 1.31. The van der Waals surface area contributed by atoms with Crippen molar-refractivity contribution < 1.29 is 14.3 Å². The van der Waals surface area contributed by atoms with E-state index in [9.17, 15) is 4.79 Å². The second-order valence-corrected chi connectivity index (χ2v) is 4.75. The summed E-state index contributed by atoms with van der Waals surface area (Å²) in [6.45, 7) is 1.49. The molecule has 2 rings (SSSR count). The van der Waals surface area contributed by atoms with Crippen molar-refractivity contribution in [3.05, 3.63) is 24.3 Å². The minimum absolute atomic E-state index is 0.0530. The van der Waals surface area contributed by atoms with Gasteiger partial charge < -0.3 is 20.5 Å². The van der Waals surface area contributed by atoms with Crippen molar-refractivity contribution in [2.45, 2.75) is 12.8 Å². The van der Waals surface area contributed by atoms with E-state index < -0.39 is 5.41 Å². The molecule has 5 heteroatoms. The van der Waals surface area contributed by atoms with Crippen LogP contribution in [0, 0.1) is 5.41 Å². The highest BCUT2D eigenvalue weighted by Gasteiger charge is 2.39. The van der Waals surface area contributed by atoms with E-state index in [-0.39, 0.29) is 5.91 Å². The molecule has 1 fully saturated rings. The average molecular weight is 264 g/mol. The van der Waals surface area contributed by atoms with Crippen LogP contribution in [0.2, 0.25) is 0 Å². The molecule has 1 aliphatic rings. The van der Waals surface area contributed by atoms with Gasteiger partial charge in [0.1, 0.15) is 5.75 Å². The zero-order chi connectivity index (χ0) is 13.7. The minimum Gasteiger partial charge on any atom is -0.495 e. The fourth-order valence-electron chi connectivity index (χ4n) is 2.29. The Balaban J connectivity index is 2.15. The zero-order valence-corrected chi connectivity index (χ0v) is 11.1. The summed E-state index contributed by atoms with van der Waals surface area (Å²) in [7, 11) is 1.58. The number of methoxy groups -OCH3 is 1. The average Bonchev–Trinajstić information content (AvgIpc) is 2.48. The number of benzene rings is 1. The molecule has 0 spiro atoms. The number of nitrogens with one attached hydrogen (secondary N) is 1. The normalized spacial score (nSPS) is 17.8. The fourth-order valence-corrected chi connectivity index (χ4v) is 2.29. The number of hydrogen-bond acceptors (Lipinski definition) is 4. The van der Waals surface area contributed by atoms with E-state index in [4.69, 9.17) is 15.2 Å². The third kappa shape index (κ3) is 2.88. The number of rotatable bonds is 4. The minimum atomic E-state index is -0.529. The molecule has 0 unspecified atom stereocenters. The summed E-state index contributed by atoms with van der Waals surface area (Å²) in [5.41, 5.74) is 5.96. The van der Waals surface area contributed by atoms with E-state index in [2.05, 4.69) is 5.32 Å². The molecule has 0 saturated carbocycles. The molecule has 1 heterocycles. The van der Waals surface area contributed by atoms with Crippen molar-refractivity contribution >= 4 is 11.6 Å². The van der Waals surface area contributed by atoms with Crippen LogP contribution in [0.3, 0.4) is 0 Å². The summed E-state index contributed by atoms with van der Waals surface area (Å²) in [5.74, 6) is 0.595. The van der Waals surface area contributed by atoms with E-state index in [0.29, 0.717) is 44.0 Å². The van der Waals surface area contributed by atoms with Crippen molar-refractivity contribution in [2.24, 2.45) is 11.1 Å². The van der Waals surface area contributed by atoms with E-state index in [1.165, 1.54) is 0 Å². The van der Waals surface area contributed by atoms with Gasteiger partial charge in [0.25, 0.3) is 0 Å². The maximum Gasteiger partial charge on any atom is 0.232 e. The molecule has 0 radical (unpaired) electrons. The molecule has 1 aliphatic heterocycles. The number of hydrogen-bond donors (Lipinski definition) is 2. The van der Waals surface area contributed by atoms with Gasteiger partial charge in [-0.1, -0.05) is 12.1 Å². The molecule has 19 heavy (non-hydrogen) atoms. The van der Waals surface area contributed by atoms with E-state index in [1.807, 2.05) is 24.3 Å². The molecule has 104 valence electrons. The van der Waals surface area contributed by atoms with Crippen LogP contribution in [0.25, 0.3) is 0 Å². The summed E-state index contributed by atoms with van der Waals surface area (Å²) >= 11 is 0. The van der Waals surface area contributed by atoms with Gasteiger partial charge in [-0.2, -0.15) is 0 Å². The zero-order valence-electron chi connectivity index (χ0n) is 11.1. The number of anilines is 1. The van der Waals surface area contributed by atoms with Gasteiger partial charge in [0.05, 0.1) is 18.2 Å². The van der Waals surface area contributed by atoms with Gasteiger partial charge in [0, 0.05) is 19.8 Å². The summed E-state index contributed by atoms with van der Waals surface area (Å²) in [4.78, 5) is 12.5. The lowest BCUT2D eigenvalue weighted by molar-refractivity contribution is -0.130.